The van der Waals surface area contributed by atoms with Crippen molar-refractivity contribution in [2.45, 2.75) is 0 Å². The zero-order valence-corrected chi connectivity index (χ0v) is 5.54. The molecule has 0 spiro atoms. The van der Waals surface area contributed by atoms with Gasteiger partial charge in [0.15, 0.2) is 0 Å². The van der Waals surface area contributed by atoms with Gasteiger partial charge in [0.25, 0.3) is 0 Å². The quantitative estimate of drug-likeness (QED) is 0.462. The molecular weight excluding hydrogens is 112 g/mol. The molecule has 1 saturated heterocycles. The summed E-state index contributed by atoms with van der Waals surface area (Å²) in [6, 6.07) is 2.33. The Morgan fingerprint density at radius 1 is 1.44 bits per heavy atom. The molecule has 1 aliphatic carbocycles. The molecule has 2 rings (SSSR count). The summed E-state index contributed by atoms with van der Waals surface area (Å²) in [5.41, 5.74) is 0. The van der Waals surface area contributed by atoms with E-state index in [1.54, 1.807) is 0 Å². The van der Waals surface area contributed by atoms with E-state index in [1.165, 1.54) is 0 Å². The summed E-state index contributed by atoms with van der Waals surface area (Å²) in [7, 11) is 2.13. The van der Waals surface area contributed by atoms with E-state index in [2.05, 4.69) is 18.0 Å². The van der Waals surface area contributed by atoms with Gasteiger partial charge in [-0.15, -0.1) is 0 Å². The van der Waals surface area contributed by atoms with Crippen molar-refractivity contribution in [1.29, 1.82) is 5.26 Å². The Morgan fingerprint density at radius 2 is 2.00 bits per heavy atom. The highest BCUT2D eigenvalue weighted by Gasteiger charge is 2.55. The molecule has 2 fully saturated rings. The van der Waals surface area contributed by atoms with Crippen LogP contribution in [0.2, 0.25) is 0 Å². The third kappa shape index (κ3) is 0.585. The van der Waals surface area contributed by atoms with E-state index in [-0.39, 0.29) is 0 Å². The molecule has 0 aromatic rings. The predicted molar refractivity (Wildman–Crippen MR) is 33.6 cm³/mol. The Morgan fingerprint density at radius 3 is 2.44 bits per heavy atom. The standard InChI is InChI=1S/C7H10N2/c1-9-3-6-5(2-8)7(6)4-9/h5-7H,3-4H2,1H3/t5-,6+,7-. The second kappa shape index (κ2) is 1.48. The van der Waals surface area contributed by atoms with Crippen LogP contribution in [0.15, 0.2) is 0 Å². The molecule has 2 heteroatoms. The van der Waals surface area contributed by atoms with Crippen LogP contribution in [0.1, 0.15) is 0 Å². The molecule has 1 heterocycles. The first-order chi connectivity index (χ1) is 4.33. The van der Waals surface area contributed by atoms with Crippen molar-refractivity contribution in [3.63, 3.8) is 0 Å². The van der Waals surface area contributed by atoms with Crippen molar-refractivity contribution in [2.24, 2.45) is 17.8 Å². The summed E-state index contributed by atoms with van der Waals surface area (Å²) in [5, 5.41) is 8.53. The molecule has 0 bridgehead atoms. The Balaban J connectivity index is 2.00. The van der Waals surface area contributed by atoms with Gasteiger partial charge in [0.05, 0.1) is 12.0 Å². The number of fused-ring (bicyclic) bond motifs is 1. The van der Waals surface area contributed by atoms with Crippen molar-refractivity contribution in [1.82, 2.24) is 4.90 Å². The number of piperidine rings is 1. The lowest BCUT2D eigenvalue weighted by Crippen LogP contribution is -2.18. The van der Waals surface area contributed by atoms with Crippen LogP contribution < -0.4 is 0 Å². The summed E-state index contributed by atoms with van der Waals surface area (Å²) < 4.78 is 0. The van der Waals surface area contributed by atoms with Crippen molar-refractivity contribution in [2.75, 3.05) is 20.1 Å². The van der Waals surface area contributed by atoms with Gasteiger partial charge < -0.3 is 4.90 Å². The van der Waals surface area contributed by atoms with Gasteiger partial charge in [-0.25, -0.2) is 0 Å². The molecule has 0 aromatic heterocycles. The second-order valence-electron chi connectivity index (χ2n) is 3.20. The minimum Gasteiger partial charge on any atom is -0.306 e. The highest BCUT2D eigenvalue weighted by Crippen LogP contribution is 2.50. The monoisotopic (exact) mass is 122 g/mol. The zero-order valence-electron chi connectivity index (χ0n) is 5.54. The fourth-order valence-electron chi connectivity index (χ4n) is 1.93. The molecule has 3 atom stereocenters. The van der Waals surface area contributed by atoms with Gasteiger partial charge >= 0.3 is 0 Å². The molecule has 0 N–H and O–H groups in total. The lowest BCUT2D eigenvalue weighted by atomic mass is 10.3. The van der Waals surface area contributed by atoms with Gasteiger partial charge in [-0.2, -0.15) is 5.26 Å². The van der Waals surface area contributed by atoms with Crippen LogP contribution in [0.25, 0.3) is 0 Å². The summed E-state index contributed by atoms with van der Waals surface area (Å²) in [4.78, 5) is 2.31. The summed E-state index contributed by atoms with van der Waals surface area (Å²) in [5.74, 6) is 1.89. The topological polar surface area (TPSA) is 27.0 Å². The lowest BCUT2D eigenvalue weighted by Gasteiger charge is -2.08. The average Bonchev–Trinajstić information content (AvgIpc) is 2.30. The van der Waals surface area contributed by atoms with E-state index < -0.39 is 0 Å². The van der Waals surface area contributed by atoms with E-state index in [1.807, 2.05) is 0 Å². The predicted octanol–water partition coefficient (Wildman–Crippen LogP) is 0.318. The smallest absolute Gasteiger partial charge is 0.0662 e. The highest BCUT2D eigenvalue weighted by molar-refractivity contribution is 5.13. The Bertz CT molecular complexity index is 158. The van der Waals surface area contributed by atoms with Crippen molar-refractivity contribution >= 4 is 0 Å². The van der Waals surface area contributed by atoms with Gasteiger partial charge in [-0.3, -0.25) is 0 Å². The van der Waals surface area contributed by atoms with Crippen LogP contribution in [0.4, 0.5) is 0 Å². The molecular formula is C7H10N2. The molecule has 2 nitrogen and oxygen atoms in total. The number of nitrogens with zero attached hydrogens (tertiary/aromatic N) is 2. The number of hydrogen-bond acceptors (Lipinski definition) is 2. The first-order valence-corrected chi connectivity index (χ1v) is 3.41. The molecule has 2 aliphatic rings. The van der Waals surface area contributed by atoms with Crippen LogP contribution >= 0.6 is 0 Å². The summed E-state index contributed by atoms with van der Waals surface area (Å²) >= 11 is 0. The van der Waals surface area contributed by atoms with Gasteiger partial charge in [-0.1, -0.05) is 0 Å². The first-order valence-electron chi connectivity index (χ1n) is 3.41. The van der Waals surface area contributed by atoms with Gasteiger partial charge in [0, 0.05) is 13.1 Å². The van der Waals surface area contributed by atoms with E-state index in [0.717, 1.165) is 24.9 Å². The maximum absolute atomic E-state index is 8.53. The Labute approximate surface area is 55.1 Å². The third-order valence-corrected chi connectivity index (χ3v) is 2.53. The minimum absolute atomic E-state index is 0.418. The van der Waals surface area contributed by atoms with Crippen molar-refractivity contribution in [3.05, 3.63) is 0 Å². The van der Waals surface area contributed by atoms with Crippen LogP contribution in [0.5, 0.6) is 0 Å². The largest absolute Gasteiger partial charge is 0.306 e. The number of rotatable bonds is 0. The lowest BCUT2D eigenvalue weighted by molar-refractivity contribution is 0.359. The fourth-order valence-corrected chi connectivity index (χ4v) is 1.93. The maximum Gasteiger partial charge on any atom is 0.0662 e. The summed E-state index contributed by atoms with van der Waals surface area (Å²) in [6.45, 7) is 2.31. The van der Waals surface area contributed by atoms with Crippen molar-refractivity contribution < 1.29 is 0 Å². The molecule has 48 valence electrons. The number of likely N-dealkylation sites (tertiary alicyclic amines) is 1. The van der Waals surface area contributed by atoms with Crippen molar-refractivity contribution in [3.8, 4) is 6.07 Å². The van der Waals surface area contributed by atoms with Crippen LogP contribution in [-0.4, -0.2) is 25.0 Å². The van der Waals surface area contributed by atoms with Crippen LogP contribution in [-0.2, 0) is 0 Å². The molecule has 9 heavy (non-hydrogen) atoms. The average molecular weight is 122 g/mol. The SMILES string of the molecule is CN1C[C@@H]2[C@H](C#N)[C@@H]2C1. The molecule has 0 amide bonds. The Hall–Kier alpha value is -0.550. The van der Waals surface area contributed by atoms with E-state index >= 15 is 0 Å². The van der Waals surface area contributed by atoms with Gasteiger partial charge in [0.1, 0.15) is 0 Å². The molecule has 0 unspecified atom stereocenters. The van der Waals surface area contributed by atoms with Crippen LogP contribution in [0.3, 0.4) is 0 Å². The molecule has 0 aromatic carbocycles. The van der Waals surface area contributed by atoms with E-state index in [4.69, 9.17) is 5.26 Å². The van der Waals surface area contributed by atoms with E-state index in [9.17, 15) is 0 Å². The number of hydrogen-bond donors (Lipinski definition) is 0. The minimum atomic E-state index is 0.418. The number of nitriles is 1. The first kappa shape index (κ1) is 5.25. The normalized spacial score (nSPS) is 48.2. The molecule has 0 radical (unpaired) electrons. The van der Waals surface area contributed by atoms with Gasteiger partial charge in [-0.05, 0) is 18.9 Å². The highest BCUT2D eigenvalue weighted by atomic mass is 15.2. The van der Waals surface area contributed by atoms with Gasteiger partial charge in [0.2, 0.25) is 0 Å². The maximum atomic E-state index is 8.53. The second-order valence-corrected chi connectivity index (χ2v) is 3.20. The van der Waals surface area contributed by atoms with E-state index in [0.29, 0.717) is 5.92 Å². The van der Waals surface area contributed by atoms with Crippen LogP contribution in [0, 0.1) is 29.1 Å². The molecule has 1 aliphatic heterocycles. The fraction of sp³-hybridized carbons (Fsp3) is 0.857. The summed E-state index contributed by atoms with van der Waals surface area (Å²) in [6.07, 6.45) is 0. The molecule has 1 saturated carbocycles. The zero-order chi connectivity index (χ0) is 6.43. The third-order valence-electron chi connectivity index (χ3n) is 2.53. The Kier molecular flexibility index (Phi) is 0.866.